The number of hydrogen-bond acceptors (Lipinski definition) is 0. The predicted octanol–water partition coefficient (Wildman–Crippen LogP) is 4.62. The van der Waals surface area contributed by atoms with Gasteiger partial charge in [0.2, 0.25) is 0 Å². The van der Waals surface area contributed by atoms with Crippen LogP contribution in [-0.4, -0.2) is 12.6 Å². The van der Waals surface area contributed by atoms with Crippen LogP contribution in [0.1, 0.15) is 27.2 Å². The molecule has 0 bridgehead atoms. The summed E-state index contributed by atoms with van der Waals surface area (Å²) in [6.45, 7) is 14.7. The first-order valence-corrected chi connectivity index (χ1v) is 10.6. The molecule has 1 heterocycles. The van der Waals surface area contributed by atoms with E-state index in [0.29, 0.717) is 0 Å². The Labute approximate surface area is 113 Å². The second-order valence-corrected chi connectivity index (χ2v) is 10.5. The molecule has 0 radical (unpaired) electrons. The van der Waals surface area contributed by atoms with E-state index in [1.807, 2.05) is 13.8 Å². The van der Waals surface area contributed by atoms with Crippen molar-refractivity contribution in [2.24, 2.45) is 0 Å². The van der Waals surface area contributed by atoms with Crippen LogP contribution in [0.4, 0.5) is 0 Å². The lowest BCUT2D eigenvalue weighted by Gasteiger charge is -2.19. The summed E-state index contributed by atoms with van der Waals surface area (Å²) in [6.07, 6.45) is 1.20. The summed E-state index contributed by atoms with van der Waals surface area (Å²) in [5.74, 6) is 0. The molecule has 0 spiro atoms. The van der Waals surface area contributed by atoms with E-state index in [-0.39, 0.29) is 0 Å². The fraction of sp³-hybridized carbons (Fsp3) is 0.500. The van der Waals surface area contributed by atoms with E-state index in [2.05, 4.69) is 61.5 Å². The molecule has 1 aromatic carbocycles. The maximum absolute atomic E-state index is 2.53. The fourth-order valence-electron chi connectivity index (χ4n) is 2.30. The molecule has 0 saturated heterocycles. The van der Waals surface area contributed by atoms with E-state index in [1.54, 1.807) is 5.32 Å². The second-order valence-electron chi connectivity index (χ2n) is 5.49. The zero-order chi connectivity index (χ0) is 13.8. The molecule has 18 heavy (non-hydrogen) atoms. The SMILES string of the molecule is CC.CCCn1c([Si](C)(C)C)cc2ccccc21. The van der Waals surface area contributed by atoms with Crippen LogP contribution >= 0.6 is 0 Å². The van der Waals surface area contributed by atoms with Crippen molar-refractivity contribution in [3.8, 4) is 0 Å². The number of fused-ring (bicyclic) bond motifs is 1. The molecular formula is C16H27NSi. The predicted molar refractivity (Wildman–Crippen MR) is 86.6 cm³/mol. The molecule has 0 aliphatic heterocycles. The largest absolute Gasteiger partial charge is 0.349 e. The van der Waals surface area contributed by atoms with Crippen molar-refractivity contribution in [1.82, 2.24) is 4.57 Å². The minimum absolute atomic E-state index is 1.15. The van der Waals surface area contributed by atoms with E-state index in [1.165, 1.54) is 17.3 Å². The van der Waals surface area contributed by atoms with Gasteiger partial charge in [0.15, 0.2) is 0 Å². The highest BCUT2D eigenvalue weighted by molar-refractivity contribution is 6.88. The number of rotatable bonds is 3. The van der Waals surface area contributed by atoms with Gasteiger partial charge >= 0.3 is 0 Å². The first kappa shape index (κ1) is 15.0. The molecule has 0 amide bonds. The van der Waals surface area contributed by atoms with Gasteiger partial charge in [0, 0.05) is 17.4 Å². The van der Waals surface area contributed by atoms with Crippen LogP contribution in [-0.2, 0) is 6.54 Å². The van der Waals surface area contributed by atoms with Gasteiger partial charge < -0.3 is 4.57 Å². The zero-order valence-corrected chi connectivity index (χ0v) is 13.7. The van der Waals surface area contributed by atoms with Gasteiger partial charge in [0.25, 0.3) is 0 Å². The van der Waals surface area contributed by atoms with Crippen LogP contribution in [0.2, 0.25) is 19.6 Å². The minimum atomic E-state index is -1.24. The Hall–Kier alpha value is -1.02. The summed E-state index contributed by atoms with van der Waals surface area (Å²) in [5, 5.41) is 2.98. The van der Waals surface area contributed by atoms with Crippen molar-refractivity contribution >= 4 is 24.3 Å². The van der Waals surface area contributed by atoms with Crippen LogP contribution < -0.4 is 5.32 Å². The molecule has 0 aliphatic rings. The number of para-hydroxylation sites is 1. The maximum atomic E-state index is 2.53. The van der Waals surface area contributed by atoms with Crippen LogP contribution in [0.3, 0.4) is 0 Å². The van der Waals surface area contributed by atoms with E-state index in [0.717, 1.165) is 6.54 Å². The minimum Gasteiger partial charge on any atom is -0.349 e. The maximum Gasteiger partial charge on any atom is 0.0984 e. The average molecular weight is 261 g/mol. The van der Waals surface area contributed by atoms with Crippen molar-refractivity contribution in [1.29, 1.82) is 0 Å². The number of hydrogen-bond donors (Lipinski definition) is 0. The molecule has 0 saturated carbocycles. The van der Waals surface area contributed by atoms with Crippen molar-refractivity contribution in [2.75, 3.05) is 0 Å². The van der Waals surface area contributed by atoms with Crippen LogP contribution in [0.5, 0.6) is 0 Å². The topological polar surface area (TPSA) is 4.93 Å². The highest BCUT2D eigenvalue weighted by atomic mass is 28.3. The Bertz CT molecular complexity index is 491. The number of nitrogens with zero attached hydrogens (tertiary/aromatic N) is 1. The zero-order valence-electron chi connectivity index (χ0n) is 12.7. The summed E-state index contributed by atoms with van der Waals surface area (Å²) in [4.78, 5) is 0. The first-order valence-electron chi connectivity index (χ1n) is 7.13. The third kappa shape index (κ3) is 3.05. The lowest BCUT2D eigenvalue weighted by molar-refractivity contribution is 0.716. The van der Waals surface area contributed by atoms with Crippen LogP contribution in [0.15, 0.2) is 30.3 Å². The van der Waals surface area contributed by atoms with Gasteiger partial charge in [-0.1, -0.05) is 58.6 Å². The third-order valence-corrected chi connectivity index (χ3v) is 4.98. The van der Waals surface area contributed by atoms with Crippen molar-refractivity contribution in [2.45, 2.75) is 53.4 Å². The summed E-state index contributed by atoms with van der Waals surface area (Å²) < 4.78 is 2.53. The Balaban J connectivity index is 0.000000771. The van der Waals surface area contributed by atoms with E-state index in [4.69, 9.17) is 0 Å². The van der Waals surface area contributed by atoms with Gasteiger partial charge in [0.05, 0.1) is 8.07 Å². The average Bonchev–Trinajstić information content (AvgIpc) is 2.72. The summed E-state index contributed by atoms with van der Waals surface area (Å²) >= 11 is 0. The molecule has 100 valence electrons. The van der Waals surface area contributed by atoms with Crippen LogP contribution in [0.25, 0.3) is 10.9 Å². The molecule has 2 aromatic rings. The summed E-state index contributed by atoms with van der Waals surface area (Å²) in [5.41, 5.74) is 1.40. The second kappa shape index (κ2) is 6.23. The molecule has 0 atom stereocenters. The Kier molecular flexibility index (Phi) is 5.21. The molecule has 2 rings (SSSR count). The quantitative estimate of drug-likeness (QED) is 0.710. The number of aryl methyl sites for hydroxylation is 1. The summed E-state index contributed by atoms with van der Waals surface area (Å²) in [7, 11) is -1.24. The van der Waals surface area contributed by atoms with Gasteiger partial charge in [0.1, 0.15) is 0 Å². The van der Waals surface area contributed by atoms with E-state index >= 15 is 0 Å². The Morgan fingerprint density at radius 2 is 1.67 bits per heavy atom. The summed E-state index contributed by atoms with van der Waals surface area (Å²) in [6, 6.07) is 11.1. The number of benzene rings is 1. The van der Waals surface area contributed by atoms with Gasteiger partial charge in [-0.05, 0) is 23.9 Å². The highest BCUT2D eigenvalue weighted by Crippen LogP contribution is 2.17. The molecule has 2 heteroatoms. The Morgan fingerprint density at radius 3 is 2.22 bits per heavy atom. The third-order valence-electron chi connectivity index (χ3n) is 3.03. The van der Waals surface area contributed by atoms with Crippen molar-refractivity contribution < 1.29 is 0 Å². The number of aromatic nitrogens is 1. The monoisotopic (exact) mass is 261 g/mol. The highest BCUT2D eigenvalue weighted by Gasteiger charge is 2.22. The molecule has 0 N–H and O–H groups in total. The van der Waals surface area contributed by atoms with Gasteiger partial charge in [-0.2, -0.15) is 0 Å². The van der Waals surface area contributed by atoms with Gasteiger partial charge in [-0.15, -0.1) is 0 Å². The molecule has 1 aromatic heterocycles. The van der Waals surface area contributed by atoms with Crippen molar-refractivity contribution in [3.63, 3.8) is 0 Å². The molecule has 0 unspecified atom stereocenters. The fourth-order valence-corrected chi connectivity index (χ4v) is 3.93. The van der Waals surface area contributed by atoms with Gasteiger partial charge in [-0.3, -0.25) is 0 Å². The Morgan fingerprint density at radius 1 is 1.06 bits per heavy atom. The van der Waals surface area contributed by atoms with Crippen LogP contribution in [0, 0.1) is 0 Å². The van der Waals surface area contributed by atoms with Gasteiger partial charge in [-0.25, -0.2) is 0 Å². The normalized spacial score (nSPS) is 11.2. The van der Waals surface area contributed by atoms with Crippen molar-refractivity contribution in [3.05, 3.63) is 30.3 Å². The van der Waals surface area contributed by atoms with E-state index < -0.39 is 8.07 Å². The molecule has 0 fully saturated rings. The standard InChI is InChI=1S/C14H21NSi.C2H6/c1-5-10-15-13-9-7-6-8-12(13)11-14(15)16(2,3)4;1-2/h6-9,11H,5,10H2,1-4H3;1-2H3. The van der Waals surface area contributed by atoms with E-state index in [9.17, 15) is 0 Å². The lowest BCUT2D eigenvalue weighted by Crippen LogP contribution is -2.42. The molecule has 0 aliphatic carbocycles. The molecule has 1 nitrogen and oxygen atoms in total. The smallest absolute Gasteiger partial charge is 0.0984 e. The lowest BCUT2D eigenvalue weighted by atomic mass is 10.2. The molecular weight excluding hydrogens is 234 g/mol. The first-order chi connectivity index (χ1) is 8.54.